The Labute approximate surface area is 227 Å². The Morgan fingerprint density at radius 1 is 0.972 bits per heavy atom. The van der Waals surface area contributed by atoms with Crippen LogP contribution >= 0.6 is 36.6 Å². The quantitative estimate of drug-likeness (QED) is 0.270. The van der Waals surface area contributed by atoms with Gasteiger partial charge in [-0.25, -0.2) is 13.6 Å². The van der Waals surface area contributed by atoms with Crippen molar-refractivity contribution in [3.63, 3.8) is 0 Å². The molecule has 36 heavy (non-hydrogen) atoms. The maximum Gasteiger partial charge on any atom is 0.273 e. The third-order valence-electron chi connectivity index (χ3n) is 4.21. The predicted octanol–water partition coefficient (Wildman–Crippen LogP) is 4.49. The smallest absolute Gasteiger partial charge is 0.273 e. The van der Waals surface area contributed by atoms with Crippen molar-refractivity contribution in [1.82, 2.24) is 0 Å². The molecule has 9 nitrogen and oxygen atoms in total. The highest BCUT2D eigenvalue weighted by atomic mass is 32.2. The fraction of sp³-hybridized carbons (Fsp3) is 0.217. The molecule has 0 atom stereocenters. The van der Waals surface area contributed by atoms with E-state index < -0.39 is 20.5 Å². The summed E-state index contributed by atoms with van der Waals surface area (Å²) in [6, 6.07) is 14.7. The Balaban J connectivity index is 0. The van der Waals surface area contributed by atoms with E-state index in [2.05, 4.69) is 43.6 Å². The topological polar surface area (TPSA) is 187 Å². The average Bonchev–Trinajstić information content (AvgIpc) is 3.16. The van der Waals surface area contributed by atoms with Crippen LogP contribution in [0, 0.1) is 0 Å². The highest BCUT2D eigenvalue weighted by Gasteiger charge is 2.21. The first-order chi connectivity index (χ1) is 15.9. The van der Waals surface area contributed by atoms with Crippen LogP contribution in [0.5, 0.6) is 5.75 Å². The molecule has 1 heterocycles. The molecule has 0 aliphatic rings. The van der Waals surface area contributed by atoms with Crippen LogP contribution in [0.25, 0.3) is 22.3 Å². The number of carbonyl (C=O) groups excluding carboxylic acids is 2. The van der Waals surface area contributed by atoms with Crippen molar-refractivity contribution in [2.45, 2.75) is 32.1 Å². The van der Waals surface area contributed by atoms with Crippen molar-refractivity contribution < 1.29 is 28.2 Å². The van der Waals surface area contributed by atoms with Crippen molar-refractivity contribution in [1.29, 1.82) is 0 Å². The zero-order valence-electron chi connectivity index (χ0n) is 19.1. The van der Waals surface area contributed by atoms with Gasteiger partial charge in [0, 0.05) is 21.6 Å². The normalized spacial score (nSPS) is 9.69. The lowest BCUT2D eigenvalue weighted by molar-refractivity contribution is 0.266. The van der Waals surface area contributed by atoms with Crippen molar-refractivity contribution >= 4 is 57.1 Å². The number of rotatable bonds is 6. The summed E-state index contributed by atoms with van der Waals surface area (Å²) in [6.07, 6.45) is 1.95. The predicted molar refractivity (Wildman–Crippen MR) is 155 cm³/mol. The third-order valence-corrected chi connectivity index (χ3v) is 6.22. The molecule has 13 heteroatoms. The number of carbonyl (C=O) groups is 2. The molecule has 8 N–H and O–H groups in total. The van der Waals surface area contributed by atoms with Gasteiger partial charge >= 0.3 is 0 Å². The molecule has 3 aromatic rings. The van der Waals surface area contributed by atoms with Crippen LogP contribution in [0.2, 0.25) is 0 Å². The number of primary sulfonamides is 1. The number of sulfonamides is 1. The monoisotopic (exact) mass is 575 g/mol. The first-order valence-corrected chi connectivity index (χ1v) is 13.1. The minimum atomic E-state index is -3.81. The number of thiophene rings is 1. The second-order valence-corrected chi connectivity index (χ2v) is 10.0. The summed E-state index contributed by atoms with van der Waals surface area (Å²) in [6.45, 7) is 2.13. The number of aryl methyl sites for hydroxylation is 1. The molecule has 0 radical (unpaired) electrons. The van der Waals surface area contributed by atoms with Gasteiger partial charge in [0.2, 0.25) is 10.0 Å². The number of hydrogen-bond donors (Lipinski definition) is 5. The molecule has 0 fully saturated rings. The first kappa shape index (κ1) is 35.6. The van der Waals surface area contributed by atoms with Gasteiger partial charge in [0.1, 0.15) is 5.75 Å². The number of ether oxygens (including phenoxy) is 1. The lowest BCUT2D eigenvalue weighted by Gasteiger charge is -2.12. The summed E-state index contributed by atoms with van der Waals surface area (Å²) in [4.78, 5) is 19.6. The van der Waals surface area contributed by atoms with E-state index in [1.165, 1.54) is 4.88 Å². The molecule has 200 valence electrons. The minimum Gasteiger partial charge on any atom is -0.497 e. The van der Waals surface area contributed by atoms with Crippen LogP contribution in [0.1, 0.15) is 25.6 Å². The minimum absolute atomic E-state index is 0. The molecule has 0 saturated heterocycles. The van der Waals surface area contributed by atoms with Crippen LogP contribution in [-0.4, -0.2) is 31.5 Å². The summed E-state index contributed by atoms with van der Waals surface area (Å²) in [5, 5.41) is 6.19. The Morgan fingerprint density at radius 3 is 1.92 bits per heavy atom. The highest BCUT2D eigenvalue weighted by molar-refractivity contribution is 7.96. The molecule has 3 rings (SSSR count). The van der Waals surface area contributed by atoms with Gasteiger partial charge in [-0.15, -0.1) is 11.3 Å². The standard InChI is InChI=1S/C20H21NO3S2.2CH3NOS.CH4.H2O/c1-3-6-18-20(14-9-11-15(24-2)12-10-14)17(13-25-18)16-7-4-5-8-19(16)26(21,22)23;2*2-1(3)4;;/h4-5,7-13H,3,6H2,1-2H3,(H2,21,22,23);2*(H3,2,3,4);1H4;1H2. The fourth-order valence-electron chi connectivity index (χ4n) is 3.02. The van der Waals surface area contributed by atoms with Crippen molar-refractivity contribution in [3.05, 3.63) is 58.8 Å². The van der Waals surface area contributed by atoms with Crippen molar-refractivity contribution in [3.8, 4) is 28.0 Å². The Hall–Kier alpha value is -2.55. The van der Waals surface area contributed by atoms with Gasteiger partial charge in [0.05, 0.1) is 12.0 Å². The van der Waals surface area contributed by atoms with Gasteiger partial charge in [-0.1, -0.05) is 76.4 Å². The number of nitrogens with two attached hydrogens (primary N) is 3. The molecule has 2 amide bonds. The molecule has 0 aliphatic carbocycles. The van der Waals surface area contributed by atoms with E-state index in [1.54, 1.807) is 30.6 Å². The van der Waals surface area contributed by atoms with Gasteiger partial charge in [0.15, 0.2) is 0 Å². The zero-order chi connectivity index (χ0) is 25.9. The van der Waals surface area contributed by atoms with Gasteiger partial charge in [-0.05, 0) is 35.6 Å². The maximum absolute atomic E-state index is 12.1. The van der Waals surface area contributed by atoms with E-state index in [0.717, 1.165) is 35.3 Å². The number of benzene rings is 2. The summed E-state index contributed by atoms with van der Waals surface area (Å²) in [5.41, 5.74) is 12.3. The molecule has 2 aromatic carbocycles. The molecule has 0 saturated carbocycles. The molecular formula is C23H33N3O6S4. The van der Waals surface area contributed by atoms with Crippen LogP contribution in [0.4, 0.5) is 9.59 Å². The average molecular weight is 576 g/mol. The highest BCUT2D eigenvalue weighted by Crippen LogP contribution is 2.42. The second-order valence-electron chi connectivity index (χ2n) is 6.64. The molecule has 0 bridgehead atoms. The molecule has 0 spiro atoms. The van der Waals surface area contributed by atoms with Crippen LogP contribution in [0.3, 0.4) is 0 Å². The Bertz CT molecular complexity index is 1190. The Kier molecular flexibility index (Phi) is 16.8. The Morgan fingerprint density at radius 2 is 1.47 bits per heavy atom. The van der Waals surface area contributed by atoms with E-state index in [-0.39, 0.29) is 17.8 Å². The second kappa shape index (κ2) is 17.0. The third kappa shape index (κ3) is 11.5. The number of hydrogen-bond acceptors (Lipinski definition) is 6. The summed E-state index contributed by atoms with van der Waals surface area (Å²) >= 11 is 7.86. The van der Waals surface area contributed by atoms with E-state index in [1.807, 2.05) is 41.8 Å². The first-order valence-electron chi connectivity index (χ1n) is 9.76. The van der Waals surface area contributed by atoms with Crippen LogP contribution in [-0.2, 0) is 16.4 Å². The molecule has 1 aromatic heterocycles. The van der Waals surface area contributed by atoms with E-state index in [4.69, 9.17) is 19.5 Å². The van der Waals surface area contributed by atoms with Gasteiger partial charge in [-0.2, -0.15) is 0 Å². The number of methoxy groups -OCH3 is 1. The van der Waals surface area contributed by atoms with Gasteiger partial charge < -0.3 is 21.7 Å². The maximum atomic E-state index is 12.1. The van der Waals surface area contributed by atoms with E-state index in [0.29, 0.717) is 5.56 Å². The summed E-state index contributed by atoms with van der Waals surface area (Å²) in [7, 11) is -2.17. The van der Waals surface area contributed by atoms with Crippen molar-refractivity contribution in [2.75, 3.05) is 7.11 Å². The van der Waals surface area contributed by atoms with Crippen LogP contribution in [0.15, 0.2) is 58.8 Å². The zero-order valence-corrected chi connectivity index (χ0v) is 22.5. The van der Waals surface area contributed by atoms with Gasteiger partial charge in [-0.3, -0.25) is 9.59 Å². The molecule has 0 aliphatic heterocycles. The number of primary amides is 2. The van der Waals surface area contributed by atoms with Gasteiger partial charge in [0.25, 0.3) is 10.5 Å². The molecular weight excluding hydrogens is 543 g/mol. The lowest BCUT2D eigenvalue weighted by atomic mass is 9.95. The van der Waals surface area contributed by atoms with Crippen LogP contribution < -0.4 is 21.3 Å². The number of thiol groups is 2. The summed E-state index contributed by atoms with van der Waals surface area (Å²) < 4.78 is 29.4. The largest absolute Gasteiger partial charge is 0.497 e. The van der Waals surface area contributed by atoms with Crippen molar-refractivity contribution in [2.24, 2.45) is 16.6 Å². The summed E-state index contributed by atoms with van der Waals surface area (Å²) in [5.74, 6) is 0.785. The van der Waals surface area contributed by atoms with E-state index >= 15 is 0 Å². The fourth-order valence-corrected chi connectivity index (χ4v) is 4.94. The number of amides is 2. The van der Waals surface area contributed by atoms with E-state index in [9.17, 15) is 8.42 Å². The molecule has 0 unspecified atom stereocenters. The SMILES string of the molecule is C.CCCc1scc(-c2ccccc2S(N)(=O)=O)c1-c1ccc(OC)cc1.NC(=O)S.NC(=O)S.O. The lowest BCUT2D eigenvalue weighted by Crippen LogP contribution is -2.13.